The number of hydrogen-bond acceptors (Lipinski definition) is 9. The number of likely N-dealkylation sites (tertiary alicyclic amines) is 1. The molecule has 3 saturated heterocycles. The van der Waals surface area contributed by atoms with E-state index >= 15 is 4.39 Å². The van der Waals surface area contributed by atoms with Crippen molar-refractivity contribution in [3.63, 3.8) is 0 Å². The van der Waals surface area contributed by atoms with E-state index in [1.807, 2.05) is 4.90 Å². The lowest BCUT2D eigenvalue weighted by Gasteiger charge is -2.30. The zero-order valence-corrected chi connectivity index (χ0v) is 25.7. The molecule has 248 valence electrons. The molecule has 9 nitrogen and oxygen atoms in total. The highest BCUT2D eigenvalue weighted by Crippen LogP contribution is 2.46. The van der Waals surface area contributed by atoms with Crippen molar-refractivity contribution in [3.05, 3.63) is 48.1 Å². The second-order valence-corrected chi connectivity index (χ2v) is 13.2. The number of benzene rings is 2. The Morgan fingerprint density at radius 2 is 2.00 bits per heavy atom. The normalized spacial score (nSPS) is 23.1. The number of amides is 1. The number of carbonyl (C=O) groups excluding carboxylic acids is 1. The Balaban J connectivity index is 1.38. The van der Waals surface area contributed by atoms with Crippen molar-refractivity contribution in [2.24, 2.45) is 0 Å². The minimum absolute atomic E-state index is 0.00476. The third kappa shape index (κ3) is 5.50. The molecule has 3 fully saturated rings. The first-order valence-corrected chi connectivity index (χ1v) is 15.8. The number of hydrogen-bond donors (Lipinski definition) is 2. The van der Waals surface area contributed by atoms with E-state index in [4.69, 9.17) is 10.5 Å². The summed E-state index contributed by atoms with van der Waals surface area (Å²) in [7, 11) is 0. The predicted molar refractivity (Wildman–Crippen MR) is 165 cm³/mol. The number of carbonyl (C=O) groups is 1. The summed E-state index contributed by atoms with van der Waals surface area (Å²) in [4.78, 5) is 28.4. The van der Waals surface area contributed by atoms with Crippen LogP contribution < -0.4 is 15.8 Å². The molecular weight excluding hydrogens is 648 g/mol. The highest BCUT2D eigenvalue weighted by molar-refractivity contribution is 7.22. The molecule has 3 aliphatic rings. The van der Waals surface area contributed by atoms with Crippen LogP contribution in [-0.4, -0.2) is 81.2 Å². The molecule has 5 heterocycles. The number of thiazole rings is 1. The van der Waals surface area contributed by atoms with Gasteiger partial charge in [-0.25, -0.2) is 18.2 Å². The first-order valence-electron chi connectivity index (χ1n) is 15.0. The smallest absolute Gasteiger partial charge is 0.417 e. The lowest BCUT2D eigenvalue weighted by atomic mass is 9.95. The van der Waals surface area contributed by atoms with E-state index in [1.165, 1.54) is 11.0 Å². The summed E-state index contributed by atoms with van der Waals surface area (Å²) in [6.45, 7) is 5.01. The van der Waals surface area contributed by atoms with Crippen LogP contribution in [0.25, 0.3) is 32.2 Å². The fourth-order valence-electron chi connectivity index (χ4n) is 7.11. The SMILES string of the molecule is C=CC(=O)N1CC[C@@H](Nc2nc(OC[C@@]34CCCN3C[C@H](F)C4)nc3c(F)c(-c4ccc(F)c5sc(N)nc45)c(C(F)(F)F)cc23)C1. The molecule has 0 bridgehead atoms. The number of alkyl halides is 4. The van der Waals surface area contributed by atoms with Crippen LogP contribution >= 0.6 is 11.3 Å². The van der Waals surface area contributed by atoms with Crippen LogP contribution in [-0.2, 0) is 11.0 Å². The molecule has 3 atom stereocenters. The number of anilines is 2. The van der Waals surface area contributed by atoms with Crippen molar-refractivity contribution >= 4 is 49.3 Å². The molecule has 0 aliphatic carbocycles. The van der Waals surface area contributed by atoms with Gasteiger partial charge in [0.15, 0.2) is 10.9 Å². The van der Waals surface area contributed by atoms with Crippen molar-refractivity contribution in [2.75, 3.05) is 43.8 Å². The van der Waals surface area contributed by atoms with Crippen molar-refractivity contribution in [1.82, 2.24) is 24.8 Å². The number of rotatable bonds is 7. The van der Waals surface area contributed by atoms with E-state index in [9.17, 15) is 26.7 Å². The summed E-state index contributed by atoms with van der Waals surface area (Å²) >= 11 is 0.730. The summed E-state index contributed by atoms with van der Waals surface area (Å²) in [5.74, 6) is -2.54. The van der Waals surface area contributed by atoms with Gasteiger partial charge in [0.25, 0.3) is 0 Å². The standard InChI is InChI=1S/C31H29F6N7O2S/c1-2-21(45)43-9-6-16(13-43)39-27-18-10-19(31(35,36)37)22(17-4-5-20(33)26-25(17)40-28(38)47-26)23(34)24(18)41-29(42-27)46-14-30-7-3-8-44(30)12-15(32)11-30/h2,4-5,10,15-16H,1,3,6-9,11-14H2,(H2,38,40)(H,39,41,42)/t15-,16-,30+/m1/s1. The van der Waals surface area contributed by atoms with Crippen LogP contribution in [0.1, 0.15) is 31.2 Å². The van der Waals surface area contributed by atoms with Gasteiger partial charge < -0.3 is 20.7 Å². The Morgan fingerprint density at radius 1 is 1.19 bits per heavy atom. The minimum atomic E-state index is -5.06. The summed E-state index contributed by atoms with van der Waals surface area (Å²) in [6.07, 6.45) is -2.74. The summed E-state index contributed by atoms with van der Waals surface area (Å²) < 4.78 is 95.8. The van der Waals surface area contributed by atoms with E-state index in [0.717, 1.165) is 36.0 Å². The van der Waals surface area contributed by atoms with Crippen molar-refractivity contribution in [1.29, 1.82) is 0 Å². The van der Waals surface area contributed by atoms with E-state index in [0.29, 0.717) is 25.9 Å². The maximum absolute atomic E-state index is 16.7. The van der Waals surface area contributed by atoms with Gasteiger partial charge in [0.1, 0.15) is 29.9 Å². The van der Waals surface area contributed by atoms with Gasteiger partial charge in [-0.05, 0) is 50.1 Å². The van der Waals surface area contributed by atoms with Crippen LogP contribution in [0.2, 0.25) is 0 Å². The van der Waals surface area contributed by atoms with Gasteiger partial charge in [-0.1, -0.05) is 17.9 Å². The third-order valence-corrected chi connectivity index (χ3v) is 10.1. The number of fused-ring (bicyclic) bond motifs is 3. The first-order chi connectivity index (χ1) is 22.4. The Bertz CT molecular complexity index is 1920. The van der Waals surface area contributed by atoms with Gasteiger partial charge in [-0.2, -0.15) is 23.1 Å². The monoisotopic (exact) mass is 677 g/mol. The maximum Gasteiger partial charge on any atom is 0.417 e. The molecule has 4 aromatic rings. The van der Waals surface area contributed by atoms with Gasteiger partial charge in [-0.15, -0.1) is 0 Å². The fourth-order valence-corrected chi connectivity index (χ4v) is 7.87. The molecule has 3 N–H and O–H groups in total. The number of nitrogen functional groups attached to an aromatic ring is 1. The number of nitrogens with two attached hydrogens (primary N) is 1. The zero-order valence-electron chi connectivity index (χ0n) is 24.8. The topological polar surface area (TPSA) is 110 Å². The highest BCUT2D eigenvalue weighted by atomic mass is 32.1. The zero-order chi connectivity index (χ0) is 33.2. The third-order valence-electron chi connectivity index (χ3n) is 9.24. The van der Waals surface area contributed by atoms with Gasteiger partial charge >= 0.3 is 12.2 Å². The quantitative estimate of drug-likeness (QED) is 0.183. The van der Waals surface area contributed by atoms with Crippen LogP contribution in [0.5, 0.6) is 6.01 Å². The van der Waals surface area contributed by atoms with Crippen LogP contribution in [0.15, 0.2) is 30.9 Å². The Labute approximate surface area is 268 Å². The Morgan fingerprint density at radius 3 is 2.77 bits per heavy atom. The van der Waals surface area contributed by atoms with E-state index < -0.39 is 52.2 Å². The Kier molecular flexibility index (Phi) is 7.69. The highest BCUT2D eigenvalue weighted by Gasteiger charge is 2.49. The molecule has 3 aliphatic heterocycles. The minimum Gasteiger partial charge on any atom is -0.461 e. The molecule has 47 heavy (non-hydrogen) atoms. The van der Waals surface area contributed by atoms with Crippen LogP contribution in [0.3, 0.4) is 0 Å². The first kappa shape index (κ1) is 31.4. The Hall–Kier alpha value is -4.18. The largest absolute Gasteiger partial charge is 0.461 e. The molecule has 16 heteroatoms. The van der Waals surface area contributed by atoms with Gasteiger partial charge in [0.05, 0.1) is 21.3 Å². The molecule has 7 rings (SSSR count). The molecule has 0 saturated carbocycles. The molecule has 0 unspecified atom stereocenters. The van der Waals surface area contributed by atoms with Crippen molar-refractivity contribution < 1.29 is 35.9 Å². The van der Waals surface area contributed by atoms with E-state index in [2.05, 4.69) is 26.8 Å². The van der Waals surface area contributed by atoms with Gasteiger partial charge in [0.2, 0.25) is 5.91 Å². The summed E-state index contributed by atoms with van der Waals surface area (Å²) in [6, 6.07) is 1.95. The number of nitrogens with zero attached hydrogens (tertiary/aromatic N) is 5. The molecule has 0 radical (unpaired) electrons. The lowest BCUT2D eigenvalue weighted by Crippen LogP contribution is -2.43. The van der Waals surface area contributed by atoms with Gasteiger partial charge in [0, 0.05) is 48.6 Å². The summed E-state index contributed by atoms with van der Waals surface area (Å²) in [5.41, 5.74) is 1.92. The average molecular weight is 678 g/mol. The van der Waals surface area contributed by atoms with Gasteiger partial charge in [-0.3, -0.25) is 9.69 Å². The lowest BCUT2D eigenvalue weighted by molar-refractivity contribution is -0.137. The number of nitrogens with one attached hydrogen (secondary N) is 1. The number of ether oxygens (including phenoxy) is 1. The summed E-state index contributed by atoms with van der Waals surface area (Å²) in [5, 5.41) is 2.70. The van der Waals surface area contributed by atoms with E-state index in [-0.39, 0.29) is 70.2 Å². The van der Waals surface area contributed by atoms with Crippen molar-refractivity contribution in [3.8, 4) is 17.1 Å². The molecule has 1 amide bonds. The molecule has 2 aromatic carbocycles. The average Bonchev–Trinajstić information content (AvgIpc) is 3.79. The van der Waals surface area contributed by atoms with Crippen molar-refractivity contribution in [2.45, 2.75) is 49.6 Å². The van der Waals surface area contributed by atoms with Crippen LogP contribution in [0.4, 0.5) is 37.3 Å². The second kappa shape index (κ2) is 11.5. The maximum atomic E-state index is 16.7. The second-order valence-electron chi connectivity index (χ2n) is 12.2. The molecular formula is C31H29F6N7O2S. The van der Waals surface area contributed by atoms with E-state index in [1.54, 1.807) is 0 Å². The predicted octanol–water partition coefficient (Wildman–Crippen LogP) is 5.94. The number of halogens is 6. The number of aromatic nitrogens is 3. The van der Waals surface area contributed by atoms with Crippen LogP contribution in [0, 0.1) is 11.6 Å². The molecule has 0 spiro atoms. The molecule has 2 aromatic heterocycles. The fraction of sp³-hybridized carbons (Fsp3) is 0.419.